The standard InChI is InChI=1S/C27H24N2O7/c1-32-20-6-2-17(3-7-20)26-27(31)28(18-4-8-21-23(14-18)35-12-10-33-21)16-25(30)29(26)19-5-9-22-24(15-19)36-13-11-34-22/h2-9,14-15,26H,10-13,16H2,1H3/t26-/m1/s1. The number of piperazine rings is 1. The Bertz CT molecular complexity index is 1320. The molecule has 0 N–H and O–H groups in total. The van der Waals surface area contributed by atoms with E-state index in [9.17, 15) is 9.59 Å². The highest BCUT2D eigenvalue weighted by Crippen LogP contribution is 2.41. The van der Waals surface area contributed by atoms with Crippen molar-refractivity contribution in [3.05, 3.63) is 66.2 Å². The molecule has 3 heterocycles. The zero-order valence-corrected chi connectivity index (χ0v) is 19.6. The van der Waals surface area contributed by atoms with Gasteiger partial charge in [-0.25, -0.2) is 0 Å². The third kappa shape index (κ3) is 3.82. The Morgan fingerprint density at radius 1 is 0.722 bits per heavy atom. The first kappa shape index (κ1) is 22.1. The number of amides is 2. The van der Waals surface area contributed by atoms with Crippen LogP contribution < -0.4 is 33.5 Å². The molecule has 3 aliphatic heterocycles. The molecule has 0 spiro atoms. The molecule has 0 aromatic heterocycles. The largest absolute Gasteiger partial charge is 0.497 e. The molecule has 3 aromatic carbocycles. The van der Waals surface area contributed by atoms with Gasteiger partial charge in [0, 0.05) is 23.5 Å². The molecule has 3 aliphatic rings. The van der Waals surface area contributed by atoms with Crippen molar-refractivity contribution >= 4 is 23.2 Å². The van der Waals surface area contributed by atoms with E-state index in [1.165, 1.54) is 9.80 Å². The molecular weight excluding hydrogens is 464 g/mol. The van der Waals surface area contributed by atoms with Gasteiger partial charge in [0.15, 0.2) is 23.0 Å². The second-order valence-electron chi connectivity index (χ2n) is 8.52. The second kappa shape index (κ2) is 8.99. The number of ether oxygens (including phenoxy) is 5. The molecule has 0 bridgehead atoms. The lowest BCUT2D eigenvalue weighted by atomic mass is 9.99. The van der Waals surface area contributed by atoms with Gasteiger partial charge in [-0.15, -0.1) is 0 Å². The number of hydrogen-bond acceptors (Lipinski definition) is 7. The van der Waals surface area contributed by atoms with E-state index in [4.69, 9.17) is 23.7 Å². The Morgan fingerprint density at radius 3 is 1.89 bits per heavy atom. The molecule has 1 saturated heterocycles. The third-order valence-electron chi connectivity index (χ3n) is 6.39. The third-order valence-corrected chi connectivity index (χ3v) is 6.39. The van der Waals surface area contributed by atoms with Crippen LogP contribution in [0, 0.1) is 0 Å². The summed E-state index contributed by atoms with van der Waals surface area (Å²) >= 11 is 0. The predicted molar refractivity (Wildman–Crippen MR) is 130 cm³/mol. The van der Waals surface area contributed by atoms with Crippen LogP contribution in [0.15, 0.2) is 60.7 Å². The van der Waals surface area contributed by atoms with Crippen LogP contribution >= 0.6 is 0 Å². The Hall–Kier alpha value is -4.40. The predicted octanol–water partition coefficient (Wildman–Crippen LogP) is 3.36. The molecule has 9 nitrogen and oxygen atoms in total. The Kier molecular flexibility index (Phi) is 5.52. The van der Waals surface area contributed by atoms with E-state index in [0.717, 1.165) is 0 Å². The van der Waals surface area contributed by atoms with Gasteiger partial charge in [0.2, 0.25) is 5.91 Å². The van der Waals surface area contributed by atoms with Crippen molar-refractivity contribution in [2.75, 3.05) is 49.9 Å². The van der Waals surface area contributed by atoms with Crippen LogP contribution in [0.2, 0.25) is 0 Å². The number of hydrogen-bond donors (Lipinski definition) is 0. The van der Waals surface area contributed by atoms with E-state index in [0.29, 0.717) is 72.1 Å². The van der Waals surface area contributed by atoms with E-state index in [2.05, 4.69) is 0 Å². The molecule has 36 heavy (non-hydrogen) atoms. The average molecular weight is 488 g/mol. The highest BCUT2D eigenvalue weighted by atomic mass is 16.6. The van der Waals surface area contributed by atoms with Crippen molar-refractivity contribution in [3.63, 3.8) is 0 Å². The monoisotopic (exact) mass is 488 g/mol. The topological polar surface area (TPSA) is 86.8 Å². The number of anilines is 2. The first-order valence-corrected chi connectivity index (χ1v) is 11.7. The summed E-state index contributed by atoms with van der Waals surface area (Å²) in [4.78, 5) is 30.7. The van der Waals surface area contributed by atoms with Gasteiger partial charge >= 0.3 is 0 Å². The van der Waals surface area contributed by atoms with Crippen LogP contribution in [0.3, 0.4) is 0 Å². The van der Waals surface area contributed by atoms with Gasteiger partial charge in [0.1, 0.15) is 44.8 Å². The lowest BCUT2D eigenvalue weighted by Gasteiger charge is -2.41. The quantitative estimate of drug-likeness (QED) is 0.557. The van der Waals surface area contributed by atoms with E-state index in [-0.39, 0.29) is 18.4 Å². The minimum absolute atomic E-state index is 0.125. The van der Waals surface area contributed by atoms with Crippen molar-refractivity contribution in [1.29, 1.82) is 0 Å². The van der Waals surface area contributed by atoms with Gasteiger partial charge in [-0.1, -0.05) is 12.1 Å². The second-order valence-corrected chi connectivity index (χ2v) is 8.52. The molecule has 184 valence electrons. The molecule has 6 rings (SSSR count). The summed E-state index contributed by atoms with van der Waals surface area (Å²) in [5.41, 5.74) is 1.78. The van der Waals surface area contributed by atoms with Crippen LogP contribution in [0.1, 0.15) is 11.6 Å². The van der Waals surface area contributed by atoms with Crippen molar-refractivity contribution in [3.8, 4) is 28.7 Å². The molecule has 2 amide bonds. The molecule has 1 atom stereocenters. The van der Waals surface area contributed by atoms with Crippen molar-refractivity contribution in [2.24, 2.45) is 0 Å². The Labute approximate surface area is 207 Å². The molecule has 1 fully saturated rings. The molecule has 9 heteroatoms. The van der Waals surface area contributed by atoms with E-state index in [1.807, 2.05) is 0 Å². The number of rotatable bonds is 4. The summed E-state index contributed by atoms with van der Waals surface area (Å²) in [7, 11) is 1.58. The molecule has 0 radical (unpaired) electrons. The van der Waals surface area contributed by atoms with Gasteiger partial charge in [0.05, 0.1) is 7.11 Å². The summed E-state index contributed by atoms with van der Waals surface area (Å²) in [6.07, 6.45) is 0. The lowest BCUT2D eigenvalue weighted by Crippen LogP contribution is -2.56. The van der Waals surface area contributed by atoms with E-state index in [1.54, 1.807) is 67.8 Å². The summed E-state index contributed by atoms with van der Waals surface area (Å²) in [6.45, 7) is 1.66. The van der Waals surface area contributed by atoms with Crippen LogP contribution in [0.5, 0.6) is 28.7 Å². The number of nitrogens with zero attached hydrogens (tertiary/aromatic N) is 2. The van der Waals surface area contributed by atoms with E-state index < -0.39 is 6.04 Å². The molecular formula is C27H24N2O7. The molecule has 3 aromatic rings. The van der Waals surface area contributed by atoms with Gasteiger partial charge in [0.25, 0.3) is 5.91 Å². The van der Waals surface area contributed by atoms with Crippen molar-refractivity contribution < 1.29 is 33.3 Å². The Morgan fingerprint density at radius 2 is 1.28 bits per heavy atom. The van der Waals surface area contributed by atoms with Gasteiger partial charge in [-0.05, 0) is 42.0 Å². The molecule has 0 saturated carbocycles. The van der Waals surface area contributed by atoms with Gasteiger partial charge < -0.3 is 28.6 Å². The minimum Gasteiger partial charge on any atom is -0.497 e. The first-order chi connectivity index (χ1) is 17.6. The first-order valence-electron chi connectivity index (χ1n) is 11.7. The number of fused-ring (bicyclic) bond motifs is 2. The SMILES string of the molecule is COc1ccc([C@@H]2C(=O)N(c3ccc4c(c3)OCCO4)CC(=O)N2c2ccc3c(c2)OCCO3)cc1. The number of methoxy groups -OCH3 is 1. The normalized spacial score (nSPS) is 18.8. The summed E-state index contributed by atoms with van der Waals surface area (Å²) in [5.74, 6) is 2.50. The fourth-order valence-electron chi connectivity index (χ4n) is 4.66. The maximum Gasteiger partial charge on any atom is 0.255 e. The molecule has 0 unspecified atom stereocenters. The highest BCUT2D eigenvalue weighted by Gasteiger charge is 2.42. The summed E-state index contributed by atoms with van der Waals surface area (Å²) < 4.78 is 28.0. The number of carbonyl (C=O) groups is 2. The van der Waals surface area contributed by atoms with Crippen LogP contribution in [-0.2, 0) is 9.59 Å². The van der Waals surface area contributed by atoms with E-state index >= 15 is 0 Å². The minimum atomic E-state index is -0.895. The number of carbonyl (C=O) groups excluding carboxylic acids is 2. The summed E-state index contributed by atoms with van der Waals surface area (Å²) in [5, 5.41) is 0. The van der Waals surface area contributed by atoms with Crippen LogP contribution in [0.4, 0.5) is 11.4 Å². The van der Waals surface area contributed by atoms with Crippen molar-refractivity contribution in [2.45, 2.75) is 6.04 Å². The maximum atomic E-state index is 14.0. The lowest BCUT2D eigenvalue weighted by molar-refractivity contribution is -0.128. The summed E-state index contributed by atoms with van der Waals surface area (Å²) in [6, 6.07) is 16.8. The van der Waals surface area contributed by atoms with Crippen LogP contribution in [-0.4, -0.2) is 51.9 Å². The fraction of sp³-hybridized carbons (Fsp3) is 0.259. The highest BCUT2D eigenvalue weighted by molar-refractivity contribution is 6.14. The van der Waals surface area contributed by atoms with Crippen LogP contribution in [0.25, 0.3) is 0 Å². The van der Waals surface area contributed by atoms with Crippen molar-refractivity contribution in [1.82, 2.24) is 0 Å². The molecule has 0 aliphatic carbocycles. The Balaban J connectivity index is 1.41. The zero-order chi connectivity index (χ0) is 24.6. The number of benzene rings is 3. The van der Waals surface area contributed by atoms with Gasteiger partial charge in [-0.3, -0.25) is 14.5 Å². The fourth-order valence-corrected chi connectivity index (χ4v) is 4.66. The average Bonchev–Trinajstić information content (AvgIpc) is 2.93. The van der Waals surface area contributed by atoms with Gasteiger partial charge in [-0.2, -0.15) is 0 Å². The maximum absolute atomic E-state index is 14.0. The smallest absolute Gasteiger partial charge is 0.255 e. The zero-order valence-electron chi connectivity index (χ0n) is 19.6.